The molecule has 0 aliphatic carbocycles. The summed E-state index contributed by atoms with van der Waals surface area (Å²) < 4.78 is 4.75. The van der Waals surface area contributed by atoms with Crippen molar-refractivity contribution in [3.8, 4) is 0 Å². The molecule has 1 aromatic rings. The van der Waals surface area contributed by atoms with E-state index in [4.69, 9.17) is 4.74 Å². The van der Waals surface area contributed by atoms with Crippen molar-refractivity contribution >= 4 is 6.08 Å². The molecule has 0 spiro atoms. The van der Waals surface area contributed by atoms with Crippen LogP contribution in [-0.4, -0.2) is 0 Å². The predicted molar refractivity (Wildman–Crippen MR) is 50.3 cm³/mol. The normalized spacial score (nSPS) is 8.00. The highest BCUT2D eigenvalue weighted by Gasteiger charge is 1.78. The molecule has 0 amide bonds. The molecule has 0 atom stereocenters. The van der Waals surface area contributed by atoms with E-state index in [9.17, 15) is 0 Å². The minimum absolute atomic E-state index is 1.10. The number of benzene rings is 1. The fourth-order valence-corrected chi connectivity index (χ4v) is 0.767. The Bertz CT molecular complexity index is 292. The van der Waals surface area contributed by atoms with E-state index in [1.165, 1.54) is 12.5 Å². The lowest BCUT2D eigenvalue weighted by molar-refractivity contribution is 0.406. The van der Waals surface area contributed by atoms with Gasteiger partial charge in [-0.1, -0.05) is 42.6 Å². The average molecular weight is 158 g/mol. The van der Waals surface area contributed by atoms with Gasteiger partial charge in [0.15, 0.2) is 0 Å². The Morgan fingerprint density at radius 2 is 2.00 bits per heavy atom. The number of hydrogen-bond donors (Lipinski definition) is 0. The van der Waals surface area contributed by atoms with Crippen LogP contribution in [0.15, 0.2) is 55.2 Å². The zero-order chi connectivity index (χ0) is 8.65. The van der Waals surface area contributed by atoms with E-state index in [0.29, 0.717) is 0 Å². The van der Waals surface area contributed by atoms with Crippen molar-refractivity contribution in [3.63, 3.8) is 0 Å². The summed E-state index contributed by atoms with van der Waals surface area (Å²) in [6.07, 6.45) is 4.65. The lowest BCUT2D eigenvalue weighted by Crippen LogP contribution is -1.65. The van der Waals surface area contributed by atoms with E-state index in [1.807, 2.05) is 36.4 Å². The summed E-state index contributed by atoms with van der Waals surface area (Å²) in [6.45, 7) is 3.40. The van der Waals surface area contributed by atoms with Gasteiger partial charge in [0.25, 0.3) is 0 Å². The van der Waals surface area contributed by atoms with Crippen molar-refractivity contribution in [3.05, 3.63) is 60.7 Å². The van der Waals surface area contributed by atoms with Gasteiger partial charge in [-0.25, -0.2) is 0 Å². The molecule has 0 fully saturated rings. The van der Waals surface area contributed by atoms with E-state index >= 15 is 0 Å². The summed E-state index contributed by atoms with van der Waals surface area (Å²) >= 11 is 0. The highest BCUT2D eigenvalue weighted by molar-refractivity contribution is 5.47. The summed E-state index contributed by atoms with van der Waals surface area (Å²) in [5.74, 6) is 0. The second-order valence-electron chi connectivity index (χ2n) is 2.14. The van der Waals surface area contributed by atoms with E-state index in [2.05, 4.69) is 12.3 Å². The molecule has 1 aromatic carbocycles. The third kappa shape index (κ3) is 2.91. The van der Waals surface area contributed by atoms with Gasteiger partial charge in [0.05, 0.1) is 6.26 Å². The maximum absolute atomic E-state index is 4.75. The van der Waals surface area contributed by atoms with Crippen LogP contribution in [0, 0.1) is 0 Å². The Morgan fingerprint density at radius 1 is 1.25 bits per heavy atom. The fraction of sp³-hybridized carbons (Fsp3) is 0. The van der Waals surface area contributed by atoms with Crippen LogP contribution < -0.4 is 0 Å². The molecule has 0 aliphatic heterocycles. The summed E-state index contributed by atoms with van der Waals surface area (Å²) in [5.41, 5.74) is 3.96. The third-order valence-corrected chi connectivity index (χ3v) is 1.28. The molecule has 0 aliphatic rings. The molecule has 0 saturated carbocycles. The first kappa shape index (κ1) is 8.38. The largest absolute Gasteiger partial charge is 0.465 e. The monoisotopic (exact) mass is 158 g/mol. The van der Waals surface area contributed by atoms with Crippen molar-refractivity contribution < 1.29 is 4.74 Å². The molecule has 12 heavy (non-hydrogen) atoms. The minimum Gasteiger partial charge on any atom is -0.465 e. The van der Waals surface area contributed by atoms with E-state index < -0.39 is 0 Å². The lowest BCUT2D eigenvalue weighted by Gasteiger charge is -1.86. The van der Waals surface area contributed by atoms with Crippen LogP contribution in [0.4, 0.5) is 0 Å². The van der Waals surface area contributed by atoms with Gasteiger partial charge in [-0.05, 0) is 11.6 Å². The van der Waals surface area contributed by atoms with Gasteiger partial charge in [0, 0.05) is 0 Å². The van der Waals surface area contributed by atoms with E-state index in [-0.39, 0.29) is 0 Å². The molecule has 0 radical (unpaired) electrons. The molecular weight excluding hydrogens is 148 g/mol. The molecule has 0 N–H and O–H groups in total. The Hall–Kier alpha value is -1.72. The molecule has 0 bridgehead atoms. The van der Waals surface area contributed by atoms with Gasteiger partial charge in [0.2, 0.25) is 0 Å². The molecule has 1 nitrogen and oxygen atoms in total. The quantitative estimate of drug-likeness (QED) is 0.485. The fourth-order valence-electron chi connectivity index (χ4n) is 0.767. The highest BCUT2D eigenvalue weighted by atomic mass is 16.5. The molecule has 0 heterocycles. The molecule has 0 saturated heterocycles. The standard InChI is InChI=1S/C11H10O/c1-2-12-10-6-9-11-7-4-3-5-8-11/h2-5,7-10H,1H2. The summed E-state index contributed by atoms with van der Waals surface area (Å²) in [7, 11) is 0. The average Bonchev–Trinajstić information content (AvgIpc) is 2.14. The molecule has 0 unspecified atom stereocenters. The van der Waals surface area contributed by atoms with Crippen molar-refractivity contribution in [2.45, 2.75) is 0 Å². The molecule has 0 aromatic heterocycles. The van der Waals surface area contributed by atoms with Gasteiger partial charge >= 0.3 is 0 Å². The highest BCUT2D eigenvalue weighted by Crippen LogP contribution is 1.98. The summed E-state index contributed by atoms with van der Waals surface area (Å²) in [5, 5.41) is 0. The first-order valence-corrected chi connectivity index (χ1v) is 3.66. The second-order valence-corrected chi connectivity index (χ2v) is 2.14. The molecular formula is C11H10O. The van der Waals surface area contributed by atoms with Crippen LogP contribution in [-0.2, 0) is 4.74 Å². The first-order valence-electron chi connectivity index (χ1n) is 3.66. The minimum atomic E-state index is 1.10. The zero-order valence-corrected chi connectivity index (χ0v) is 6.73. The van der Waals surface area contributed by atoms with Crippen LogP contribution in [0.3, 0.4) is 0 Å². The SMILES string of the molecule is C=COC=C=Cc1ccccc1. The van der Waals surface area contributed by atoms with E-state index in [1.54, 1.807) is 0 Å². The van der Waals surface area contributed by atoms with Crippen molar-refractivity contribution in [2.75, 3.05) is 0 Å². The number of hydrogen-bond acceptors (Lipinski definition) is 1. The van der Waals surface area contributed by atoms with Crippen LogP contribution in [0.2, 0.25) is 0 Å². The van der Waals surface area contributed by atoms with Crippen molar-refractivity contribution in [1.82, 2.24) is 0 Å². The van der Waals surface area contributed by atoms with Crippen LogP contribution >= 0.6 is 0 Å². The number of ether oxygens (including phenoxy) is 1. The Labute approximate surface area is 72.3 Å². The van der Waals surface area contributed by atoms with Gasteiger partial charge in [0.1, 0.15) is 6.26 Å². The van der Waals surface area contributed by atoms with Crippen LogP contribution in [0.25, 0.3) is 6.08 Å². The van der Waals surface area contributed by atoms with E-state index in [0.717, 1.165) is 5.56 Å². The Balaban J connectivity index is 2.63. The topological polar surface area (TPSA) is 9.23 Å². The zero-order valence-electron chi connectivity index (χ0n) is 6.73. The maximum atomic E-state index is 4.75. The Morgan fingerprint density at radius 3 is 2.67 bits per heavy atom. The maximum Gasteiger partial charge on any atom is 0.132 e. The smallest absolute Gasteiger partial charge is 0.132 e. The summed E-state index contributed by atoms with van der Waals surface area (Å²) in [4.78, 5) is 0. The number of rotatable bonds is 3. The Kier molecular flexibility index (Phi) is 3.49. The van der Waals surface area contributed by atoms with Crippen LogP contribution in [0.1, 0.15) is 5.56 Å². The second kappa shape index (κ2) is 5.00. The van der Waals surface area contributed by atoms with Gasteiger partial charge in [-0.3, -0.25) is 0 Å². The predicted octanol–water partition coefficient (Wildman–Crippen LogP) is 2.97. The first-order chi connectivity index (χ1) is 5.93. The van der Waals surface area contributed by atoms with Crippen molar-refractivity contribution in [1.29, 1.82) is 0 Å². The third-order valence-electron chi connectivity index (χ3n) is 1.28. The molecule has 1 heteroatoms. The molecule has 60 valence electrons. The molecule has 1 rings (SSSR count). The van der Waals surface area contributed by atoms with Gasteiger partial charge in [-0.15, -0.1) is 0 Å². The van der Waals surface area contributed by atoms with Gasteiger partial charge in [-0.2, -0.15) is 0 Å². The van der Waals surface area contributed by atoms with Gasteiger partial charge < -0.3 is 4.74 Å². The van der Waals surface area contributed by atoms with Crippen molar-refractivity contribution in [2.24, 2.45) is 0 Å². The van der Waals surface area contributed by atoms with Crippen LogP contribution in [0.5, 0.6) is 0 Å². The summed E-state index contributed by atoms with van der Waals surface area (Å²) in [6, 6.07) is 9.91. The lowest BCUT2D eigenvalue weighted by atomic mass is 10.2.